The smallest absolute Gasteiger partial charge is 0.387 e. The SMILES string of the molecule is CN1C(=O)C2(C[C@@](C)(Cc3ccc(OC(F)F)cc3)Oc3ccc(-c4cccc(C#N)c4)cc32)N=C1N. The molecule has 2 N–H and O–H groups in total. The number of hydrogen-bond acceptors (Lipinski definition) is 6. The summed E-state index contributed by atoms with van der Waals surface area (Å²) in [6.45, 7) is -1.01. The highest BCUT2D eigenvalue weighted by atomic mass is 19.3. The first-order valence-corrected chi connectivity index (χ1v) is 11.6. The number of aliphatic imine (C=N–C) groups is 1. The van der Waals surface area contributed by atoms with Crippen LogP contribution in [0.1, 0.15) is 30.0 Å². The van der Waals surface area contributed by atoms with Crippen LogP contribution in [0.4, 0.5) is 8.78 Å². The van der Waals surface area contributed by atoms with Crippen molar-refractivity contribution in [2.75, 3.05) is 7.05 Å². The molecular weight excluding hydrogens is 478 g/mol. The Labute approximate surface area is 212 Å². The maximum atomic E-state index is 13.6. The second-order valence-electron chi connectivity index (χ2n) is 9.53. The minimum Gasteiger partial charge on any atom is -0.487 e. The zero-order valence-electron chi connectivity index (χ0n) is 20.2. The number of rotatable bonds is 5. The molecule has 2 atom stereocenters. The average Bonchev–Trinajstić information content (AvgIpc) is 3.08. The van der Waals surface area contributed by atoms with Gasteiger partial charge in [0, 0.05) is 25.5 Å². The number of carbonyl (C=O) groups is 1. The second kappa shape index (κ2) is 8.89. The number of likely N-dealkylation sites (N-methyl/N-ethyl adjacent to an activating group) is 1. The van der Waals surface area contributed by atoms with Gasteiger partial charge in [-0.3, -0.25) is 9.69 Å². The molecule has 0 fully saturated rings. The van der Waals surface area contributed by atoms with Gasteiger partial charge < -0.3 is 15.2 Å². The molecule has 0 bridgehead atoms. The van der Waals surface area contributed by atoms with Gasteiger partial charge in [0.15, 0.2) is 11.5 Å². The van der Waals surface area contributed by atoms with Crippen LogP contribution in [0.5, 0.6) is 11.5 Å². The molecule has 37 heavy (non-hydrogen) atoms. The third-order valence-electron chi connectivity index (χ3n) is 6.77. The van der Waals surface area contributed by atoms with Crippen molar-refractivity contribution in [3.05, 3.63) is 83.4 Å². The first-order valence-electron chi connectivity index (χ1n) is 11.6. The predicted molar refractivity (Wildman–Crippen MR) is 133 cm³/mol. The number of halogens is 2. The van der Waals surface area contributed by atoms with Gasteiger partial charge in [0.1, 0.15) is 17.1 Å². The van der Waals surface area contributed by atoms with Crippen LogP contribution in [0.15, 0.2) is 71.7 Å². The molecule has 0 aliphatic carbocycles. The Morgan fingerprint density at radius 2 is 1.89 bits per heavy atom. The Bertz CT molecular complexity index is 1450. The quantitative estimate of drug-likeness (QED) is 0.550. The zero-order valence-corrected chi connectivity index (χ0v) is 20.2. The number of amides is 1. The van der Waals surface area contributed by atoms with Crippen LogP contribution in [0.3, 0.4) is 0 Å². The largest absolute Gasteiger partial charge is 0.487 e. The molecule has 2 aliphatic heterocycles. The maximum absolute atomic E-state index is 13.6. The van der Waals surface area contributed by atoms with Crippen molar-refractivity contribution < 1.29 is 23.0 Å². The van der Waals surface area contributed by atoms with E-state index in [4.69, 9.17) is 10.5 Å². The summed E-state index contributed by atoms with van der Waals surface area (Å²) in [4.78, 5) is 19.6. The molecule has 1 amide bonds. The van der Waals surface area contributed by atoms with E-state index >= 15 is 0 Å². The molecule has 0 radical (unpaired) electrons. The van der Waals surface area contributed by atoms with E-state index in [-0.39, 0.29) is 24.0 Å². The number of nitrogens with two attached hydrogens (primary N) is 1. The molecule has 0 aromatic heterocycles. The van der Waals surface area contributed by atoms with Crippen LogP contribution in [-0.2, 0) is 16.8 Å². The number of carbonyl (C=O) groups excluding carboxylic acids is 1. The van der Waals surface area contributed by atoms with Crippen molar-refractivity contribution in [3.8, 4) is 28.7 Å². The van der Waals surface area contributed by atoms with Gasteiger partial charge in [-0.05, 0) is 60.0 Å². The van der Waals surface area contributed by atoms with Crippen molar-refractivity contribution >= 4 is 11.9 Å². The fraction of sp³-hybridized carbons (Fsp3) is 0.250. The number of hydrogen-bond donors (Lipinski definition) is 1. The van der Waals surface area contributed by atoms with Crippen molar-refractivity contribution in [1.82, 2.24) is 4.90 Å². The minimum atomic E-state index is -2.90. The van der Waals surface area contributed by atoms with Crippen molar-refractivity contribution in [2.45, 2.75) is 37.5 Å². The summed E-state index contributed by atoms with van der Waals surface area (Å²) < 4.78 is 36.0. The van der Waals surface area contributed by atoms with Crippen LogP contribution < -0.4 is 15.2 Å². The molecule has 1 spiro atoms. The fourth-order valence-electron chi connectivity index (χ4n) is 5.14. The molecule has 3 aromatic carbocycles. The van der Waals surface area contributed by atoms with Crippen LogP contribution in [0.2, 0.25) is 0 Å². The van der Waals surface area contributed by atoms with E-state index in [0.717, 1.165) is 16.7 Å². The monoisotopic (exact) mass is 502 g/mol. The lowest BCUT2D eigenvalue weighted by atomic mass is 9.74. The van der Waals surface area contributed by atoms with E-state index < -0.39 is 17.8 Å². The third-order valence-corrected chi connectivity index (χ3v) is 6.77. The van der Waals surface area contributed by atoms with E-state index in [1.807, 2.05) is 25.1 Å². The van der Waals surface area contributed by atoms with Gasteiger partial charge in [-0.1, -0.05) is 30.3 Å². The highest BCUT2D eigenvalue weighted by Crippen LogP contribution is 2.50. The third kappa shape index (κ3) is 4.35. The lowest BCUT2D eigenvalue weighted by molar-refractivity contribution is -0.133. The van der Waals surface area contributed by atoms with Gasteiger partial charge in [-0.15, -0.1) is 0 Å². The molecule has 2 heterocycles. The molecule has 7 nitrogen and oxygen atoms in total. The van der Waals surface area contributed by atoms with Crippen molar-refractivity contribution in [1.29, 1.82) is 5.26 Å². The Balaban J connectivity index is 1.55. The summed E-state index contributed by atoms with van der Waals surface area (Å²) in [5.41, 5.74) is 7.56. The van der Waals surface area contributed by atoms with Crippen LogP contribution >= 0.6 is 0 Å². The van der Waals surface area contributed by atoms with Gasteiger partial charge in [0.05, 0.1) is 11.6 Å². The van der Waals surface area contributed by atoms with Gasteiger partial charge in [0.2, 0.25) is 0 Å². The Hall–Kier alpha value is -4.45. The van der Waals surface area contributed by atoms with Gasteiger partial charge in [0.25, 0.3) is 5.91 Å². The summed E-state index contributed by atoms with van der Waals surface area (Å²) in [5.74, 6) is 0.426. The minimum absolute atomic E-state index is 0.0632. The molecule has 2 aliphatic rings. The maximum Gasteiger partial charge on any atom is 0.387 e. The van der Waals surface area contributed by atoms with Crippen LogP contribution in [0.25, 0.3) is 11.1 Å². The molecular formula is C28H24F2N4O3. The lowest BCUT2D eigenvalue weighted by Gasteiger charge is -2.43. The number of guanidine groups is 1. The first kappa shape index (κ1) is 24.3. The zero-order chi connectivity index (χ0) is 26.4. The molecule has 0 saturated heterocycles. The number of nitrogens with zero attached hydrogens (tertiary/aromatic N) is 3. The first-order chi connectivity index (χ1) is 17.6. The van der Waals surface area contributed by atoms with Crippen LogP contribution in [0, 0.1) is 11.3 Å². The van der Waals surface area contributed by atoms with E-state index in [1.165, 1.54) is 17.0 Å². The van der Waals surface area contributed by atoms with Gasteiger partial charge >= 0.3 is 6.61 Å². The highest BCUT2D eigenvalue weighted by molar-refractivity contribution is 6.07. The molecule has 1 unspecified atom stereocenters. The summed E-state index contributed by atoms with van der Waals surface area (Å²) in [6, 6.07) is 21.2. The summed E-state index contributed by atoms with van der Waals surface area (Å²) in [7, 11) is 1.59. The van der Waals surface area contributed by atoms with Gasteiger partial charge in [-0.25, -0.2) is 4.99 Å². The highest BCUT2D eigenvalue weighted by Gasteiger charge is 2.56. The Morgan fingerprint density at radius 1 is 1.16 bits per heavy atom. The number of nitriles is 1. The number of benzene rings is 3. The molecule has 3 aromatic rings. The van der Waals surface area contributed by atoms with E-state index in [9.17, 15) is 18.8 Å². The van der Waals surface area contributed by atoms with Gasteiger partial charge in [-0.2, -0.15) is 14.0 Å². The normalized spacial score (nSPS) is 22.4. The summed E-state index contributed by atoms with van der Waals surface area (Å²) >= 11 is 0. The Kier molecular flexibility index (Phi) is 5.83. The van der Waals surface area contributed by atoms with Crippen molar-refractivity contribution in [2.24, 2.45) is 10.7 Å². The molecule has 0 saturated carbocycles. The van der Waals surface area contributed by atoms with Crippen LogP contribution in [-0.4, -0.2) is 36.0 Å². The van der Waals surface area contributed by atoms with E-state index in [0.29, 0.717) is 23.3 Å². The lowest BCUT2D eigenvalue weighted by Crippen LogP contribution is -2.51. The molecule has 9 heteroatoms. The number of fused-ring (bicyclic) bond motifs is 2. The standard InChI is InChI=1S/C28H24F2N4O3/c1-27(14-17-6-9-21(10-7-17)36-25(29)30)16-28(24(35)34(2)26(32)33-28)22-13-20(8-11-23(22)37-27)19-5-3-4-18(12-19)15-31/h3-13,25H,14,16H2,1-2H3,(H2,32,33)/t27-,28?/m1/s1. The summed E-state index contributed by atoms with van der Waals surface area (Å²) in [5, 5.41) is 9.30. The van der Waals surface area contributed by atoms with Crippen molar-refractivity contribution in [3.63, 3.8) is 0 Å². The second-order valence-corrected chi connectivity index (χ2v) is 9.53. The average molecular weight is 503 g/mol. The van der Waals surface area contributed by atoms with E-state index in [2.05, 4.69) is 15.8 Å². The fourth-order valence-corrected chi connectivity index (χ4v) is 5.14. The topological polar surface area (TPSA) is 101 Å². The predicted octanol–water partition coefficient (Wildman–Crippen LogP) is 4.59. The number of ether oxygens (including phenoxy) is 2. The van der Waals surface area contributed by atoms with E-state index in [1.54, 1.807) is 43.4 Å². The number of alkyl halides is 2. The Morgan fingerprint density at radius 3 is 2.54 bits per heavy atom. The molecule has 5 rings (SSSR count). The summed E-state index contributed by atoms with van der Waals surface area (Å²) in [6.07, 6.45) is 0.607. The molecule has 188 valence electrons.